The third kappa shape index (κ3) is 3.74. The number of para-hydroxylation sites is 1. The van der Waals surface area contributed by atoms with Gasteiger partial charge >= 0.3 is 0 Å². The van der Waals surface area contributed by atoms with Gasteiger partial charge in [-0.2, -0.15) is 0 Å². The number of carbonyl (C=O) groups is 1. The zero-order valence-electron chi connectivity index (χ0n) is 13.7. The highest BCUT2D eigenvalue weighted by Gasteiger charge is 2.26. The van der Waals surface area contributed by atoms with Gasteiger partial charge in [0.25, 0.3) is 5.16 Å². The number of nitrogens with two attached hydrogens (primary N) is 1. The number of carbonyl (C=O) groups excluding carboxylic acids is 1. The van der Waals surface area contributed by atoms with Crippen LogP contribution in [0.2, 0.25) is 0 Å². The molecule has 25 heavy (non-hydrogen) atoms. The molecule has 0 spiro atoms. The summed E-state index contributed by atoms with van der Waals surface area (Å²) in [4.78, 5) is 19.3. The summed E-state index contributed by atoms with van der Waals surface area (Å²) < 4.78 is 0. The molecule has 4 N–H and O–H groups in total. The van der Waals surface area contributed by atoms with Gasteiger partial charge in [0.15, 0.2) is 5.52 Å². The van der Waals surface area contributed by atoms with E-state index in [1.807, 2.05) is 30.3 Å². The van der Waals surface area contributed by atoms with Crippen molar-refractivity contribution in [3.8, 4) is 0 Å². The monoisotopic (exact) mass is 351 g/mol. The maximum atomic E-state index is 11.1. The summed E-state index contributed by atoms with van der Waals surface area (Å²) in [5.41, 5.74) is 7.91. The van der Waals surface area contributed by atoms with E-state index in [2.05, 4.69) is 16.4 Å². The minimum absolute atomic E-state index is 0.403. The van der Waals surface area contributed by atoms with E-state index < -0.39 is 5.91 Å². The van der Waals surface area contributed by atoms with Gasteiger partial charge in [-0.15, -0.1) is 0 Å². The minimum Gasteiger partial charge on any atom is -0.366 e. The van der Waals surface area contributed by atoms with Crippen molar-refractivity contribution >= 4 is 34.4 Å². The van der Waals surface area contributed by atoms with Gasteiger partial charge in [0.2, 0.25) is 11.7 Å². The minimum atomic E-state index is -0.403. The van der Waals surface area contributed by atoms with Crippen molar-refractivity contribution in [3.63, 3.8) is 0 Å². The average Bonchev–Trinajstić information content (AvgIpc) is 3.44. The number of nitrogens with one attached hydrogen (secondary N) is 2. The Morgan fingerprint density at radius 1 is 1.20 bits per heavy atom. The Hall–Kier alpha value is -2.60. The highest BCUT2D eigenvalue weighted by Crippen LogP contribution is 2.28. The second-order valence-corrected chi connectivity index (χ2v) is 7.17. The molecule has 0 aliphatic heterocycles. The van der Waals surface area contributed by atoms with Crippen LogP contribution in [0.1, 0.15) is 28.8 Å². The van der Waals surface area contributed by atoms with Crippen LogP contribution >= 0.6 is 11.8 Å². The molecule has 3 aromatic rings. The average molecular weight is 351 g/mol. The van der Waals surface area contributed by atoms with Crippen LogP contribution in [0.5, 0.6) is 0 Å². The van der Waals surface area contributed by atoms with Gasteiger partial charge < -0.3 is 11.1 Å². The van der Waals surface area contributed by atoms with Crippen LogP contribution in [0.15, 0.2) is 53.7 Å². The van der Waals surface area contributed by atoms with Crippen LogP contribution in [-0.2, 0) is 5.75 Å². The van der Waals surface area contributed by atoms with E-state index in [0.717, 1.165) is 33.2 Å². The molecule has 0 saturated heterocycles. The number of primary amides is 1. The SMILES string of the molecule is NC(=O)c1ccc(CSc2nc3ccccc3c(NC3CC3)[nH+]2)cc1. The fourth-order valence-corrected chi connectivity index (χ4v) is 3.46. The van der Waals surface area contributed by atoms with Gasteiger partial charge in [-0.1, -0.05) is 29.2 Å². The van der Waals surface area contributed by atoms with Crippen LogP contribution in [0.25, 0.3) is 10.9 Å². The topological polar surface area (TPSA) is 82.2 Å². The highest BCUT2D eigenvalue weighted by atomic mass is 32.2. The first-order valence-electron chi connectivity index (χ1n) is 8.29. The lowest BCUT2D eigenvalue weighted by Crippen LogP contribution is -2.18. The zero-order chi connectivity index (χ0) is 17.2. The van der Waals surface area contributed by atoms with Gasteiger partial charge in [0, 0.05) is 11.3 Å². The van der Waals surface area contributed by atoms with Crippen molar-refractivity contribution in [2.75, 3.05) is 5.32 Å². The number of thioether (sulfide) groups is 1. The number of H-pyrrole nitrogens is 1. The Kier molecular flexibility index (Phi) is 4.28. The van der Waals surface area contributed by atoms with Crippen molar-refractivity contribution in [1.82, 2.24) is 4.98 Å². The van der Waals surface area contributed by atoms with E-state index in [-0.39, 0.29) is 0 Å². The van der Waals surface area contributed by atoms with Crippen molar-refractivity contribution in [2.24, 2.45) is 5.73 Å². The number of nitrogens with zero attached hydrogens (tertiary/aromatic N) is 1. The molecule has 1 saturated carbocycles. The maximum absolute atomic E-state index is 11.1. The molecule has 1 aliphatic rings. The molecule has 0 unspecified atom stereocenters. The second-order valence-electron chi connectivity index (χ2n) is 6.20. The fourth-order valence-electron chi connectivity index (χ4n) is 2.63. The maximum Gasteiger partial charge on any atom is 0.297 e. The third-order valence-corrected chi connectivity index (χ3v) is 5.11. The van der Waals surface area contributed by atoms with Gasteiger partial charge in [-0.05, 0) is 54.4 Å². The Balaban J connectivity index is 1.55. The number of amides is 1. The van der Waals surface area contributed by atoms with Crippen molar-refractivity contribution < 1.29 is 9.78 Å². The van der Waals surface area contributed by atoms with Crippen molar-refractivity contribution in [2.45, 2.75) is 29.8 Å². The lowest BCUT2D eigenvalue weighted by atomic mass is 10.1. The fraction of sp³-hybridized carbons (Fsp3) is 0.211. The summed E-state index contributed by atoms with van der Waals surface area (Å²) in [6.45, 7) is 0. The molecule has 1 fully saturated rings. The molecular formula is C19H19N4OS+. The molecule has 2 aromatic carbocycles. The lowest BCUT2D eigenvalue weighted by molar-refractivity contribution is -0.415. The number of anilines is 1. The molecule has 0 atom stereocenters. The van der Waals surface area contributed by atoms with E-state index in [4.69, 9.17) is 10.7 Å². The Morgan fingerprint density at radius 2 is 1.96 bits per heavy atom. The lowest BCUT2D eigenvalue weighted by Gasteiger charge is -2.05. The molecule has 4 rings (SSSR count). The largest absolute Gasteiger partial charge is 0.366 e. The smallest absolute Gasteiger partial charge is 0.297 e. The first kappa shape index (κ1) is 15.9. The number of aromatic nitrogens is 2. The Labute approximate surface area is 150 Å². The molecule has 1 amide bonds. The number of aromatic amines is 1. The number of hydrogen-bond acceptors (Lipinski definition) is 4. The number of hydrogen-bond donors (Lipinski definition) is 2. The first-order chi connectivity index (χ1) is 12.2. The zero-order valence-corrected chi connectivity index (χ0v) is 14.5. The molecular weight excluding hydrogens is 332 g/mol. The van der Waals surface area contributed by atoms with Gasteiger partial charge in [0.05, 0.1) is 11.4 Å². The predicted molar refractivity (Wildman–Crippen MR) is 99.5 cm³/mol. The van der Waals surface area contributed by atoms with E-state index in [1.165, 1.54) is 12.8 Å². The summed E-state index contributed by atoms with van der Waals surface area (Å²) in [6, 6.07) is 16.1. The Morgan fingerprint density at radius 3 is 2.68 bits per heavy atom. The predicted octanol–water partition coefficient (Wildman–Crippen LogP) is 3.01. The summed E-state index contributed by atoms with van der Waals surface area (Å²) in [5.74, 6) is 1.41. The van der Waals surface area contributed by atoms with Crippen LogP contribution in [0.4, 0.5) is 5.82 Å². The summed E-state index contributed by atoms with van der Waals surface area (Å²) in [6.07, 6.45) is 2.44. The van der Waals surface area contributed by atoms with Crippen LogP contribution in [-0.4, -0.2) is 16.9 Å². The molecule has 1 heterocycles. The van der Waals surface area contributed by atoms with E-state index in [1.54, 1.807) is 23.9 Å². The number of rotatable bonds is 6. The van der Waals surface area contributed by atoms with Crippen molar-refractivity contribution in [3.05, 3.63) is 59.7 Å². The normalized spacial score (nSPS) is 13.8. The van der Waals surface area contributed by atoms with E-state index in [9.17, 15) is 4.79 Å². The number of fused-ring (bicyclic) bond motifs is 1. The molecule has 1 aliphatic carbocycles. The molecule has 0 bridgehead atoms. The van der Waals surface area contributed by atoms with E-state index in [0.29, 0.717) is 11.6 Å². The molecule has 6 heteroatoms. The highest BCUT2D eigenvalue weighted by molar-refractivity contribution is 7.98. The Bertz CT molecular complexity index is 922. The molecule has 1 aromatic heterocycles. The van der Waals surface area contributed by atoms with Crippen LogP contribution in [0, 0.1) is 0 Å². The molecule has 0 radical (unpaired) electrons. The summed E-state index contributed by atoms with van der Waals surface area (Å²) in [5, 5.41) is 5.55. The van der Waals surface area contributed by atoms with Crippen LogP contribution in [0.3, 0.4) is 0 Å². The summed E-state index contributed by atoms with van der Waals surface area (Å²) in [7, 11) is 0. The van der Waals surface area contributed by atoms with Gasteiger partial charge in [-0.3, -0.25) is 4.79 Å². The van der Waals surface area contributed by atoms with Crippen LogP contribution < -0.4 is 16.0 Å². The number of benzene rings is 2. The standard InChI is InChI=1S/C19H18N4OS/c20-17(24)13-7-5-12(6-8-13)11-25-19-22-16-4-2-1-3-15(16)18(23-19)21-14-9-10-14/h1-8,14H,9-11H2,(H2,20,24)(H,21,22,23)/p+1. The quantitative estimate of drug-likeness (QED) is 0.528. The van der Waals surface area contributed by atoms with E-state index >= 15 is 0 Å². The van der Waals surface area contributed by atoms with Crippen molar-refractivity contribution in [1.29, 1.82) is 0 Å². The molecule has 126 valence electrons. The third-order valence-electron chi connectivity index (χ3n) is 4.17. The van der Waals surface area contributed by atoms with Gasteiger partial charge in [0.1, 0.15) is 0 Å². The van der Waals surface area contributed by atoms with Gasteiger partial charge in [-0.25, -0.2) is 4.98 Å². The molecule has 5 nitrogen and oxygen atoms in total. The summed E-state index contributed by atoms with van der Waals surface area (Å²) >= 11 is 1.64. The second kappa shape index (κ2) is 6.72. The first-order valence-corrected chi connectivity index (χ1v) is 9.28.